The Morgan fingerprint density at radius 1 is 1.29 bits per heavy atom. The number of ether oxygens (including phenoxy) is 1. The molecule has 0 spiro atoms. The number of benzene rings is 2. The Kier molecular flexibility index (Phi) is 5.21. The van der Waals surface area contributed by atoms with Crippen LogP contribution in [0.2, 0.25) is 5.02 Å². The van der Waals surface area contributed by atoms with Crippen molar-refractivity contribution in [1.29, 1.82) is 0 Å². The Morgan fingerprint density at radius 3 is 2.86 bits per heavy atom. The highest BCUT2D eigenvalue weighted by Gasteiger charge is 2.08. The van der Waals surface area contributed by atoms with Crippen LogP contribution in [0, 0.1) is 24.6 Å². The molecule has 0 saturated carbocycles. The summed E-state index contributed by atoms with van der Waals surface area (Å²) in [7, 11) is 0. The lowest BCUT2D eigenvalue weighted by Gasteiger charge is -2.10. The van der Waals surface area contributed by atoms with E-state index in [1.165, 1.54) is 6.07 Å². The normalized spacial score (nSPS) is 9.90. The summed E-state index contributed by atoms with van der Waals surface area (Å²) in [6, 6.07) is 10.3. The Labute approximate surface area is 128 Å². The summed E-state index contributed by atoms with van der Waals surface area (Å²) in [5.74, 6) is 5.94. The molecule has 2 N–H and O–H groups in total. The Hall–Kier alpha value is -2.02. The second kappa shape index (κ2) is 7.12. The van der Waals surface area contributed by atoms with Crippen molar-refractivity contribution in [3.05, 3.63) is 63.9 Å². The van der Waals surface area contributed by atoms with Crippen molar-refractivity contribution in [2.45, 2.75) is 13.5 Å². The first-order valence-electron chi connectivity index (χ1n) is 6.47. The fraction of sp³-hybridized carbons (Fsp3) is 0.176. The zero-order valence-electron chi connectivity index (χ0n) is 11.6. The Morgan fingerprint density at radius 2 is 2.10 bits per heavy atom. The van der Waals surface area contributed by atoms with Crippen LogP contribution in [0.25, 0.3) is 0 Å². The number of aryl methyl sites for hydroxylation is 1. The van der Waals surface area contributed by atoms with Gasteiger partial charge in [0.2, 0.25) is 0 Å². The zero-order chi connectivity index (χ0) is 15.2. The first-order valence-corrected chi connectivity index (χ1v) is 6.85. The second-order valence-corrected chi connectivity index (χ2v) is 4.89. The molecular formula is C17H15ClFNO. The van der Waals surface area contributed by atoms with Crippen molar-refractivity contribution in [1.82, 2.24) is 0 Å². The summed E-state index contributed by atoms with van der Waals surface area (Å²) in [5, 5.41) is 0.0826. The van der Waals surface area contributed by atoms with E-state index in [-0.39, 0.29) is 18.2 Å². The SMILES string of the molecule is Cc1ccc(OCc2cccc(F)c2Cl)c(C#CCN)c1. The minimum absolute atomic E-state index is 0.0826. The first kappa shape index (κ1) is 15.4. The van der Waals surface area contributed by atoms with Crippen LogP contribution in [-0.4, -0.2) is 6.54 Å². The van der Waals surface area contributed by atoms with Crippen LogP contribution in [0.15, 0.2) is 36.4 Å². The Bertz CT molecular complexity index is 704. The second-order valence-electron chi connectivity index (χ2n) is 4.51. The standard InChI is InChI=1S/C17H15ClFNO/c1-12-7-8-16(13(10-12)5-3-9-20)21-11-14-4-2-6-15(19)17(14)18/h2,4,6-8,10H,9,11,20H2,1H3. The number of nitrogens with two attached hydrogens (primary N) is 1. The van der Waals surface area contributed by atoms with Gasteiger partial charge in [0.15, 0.2) is 0 Å². The van der Waals surface area contributed by atoms with Gasteiger partial charge in [-0.2, -0.15) is 0 Å². The molecule has 0 radical (unpaired) electrons. The lowest BCUT2D eigenvalue weighted by molar-refractivity contribution is 0.305. The molecule has 0 heterocycles. The van der Waals surface area contributed by atoms with E-state index in [1.807, 2.05) is 25.1 Å². The van der Waals surface area contributed by atoms with Gasteiger partial charge in [0.05, 0.1) is 17.1 Å². The molecule has 0 saturated heterocycles. The molecule has 2 aromatic rings. The molecule has 108 valence electrons. The number of hydrogen-bond acceptors (Lipinski definition) is 2. The van der Waals surface area contributed by atoms with E-state index < -0.39 is 5.82 Å². The van der Waals surface area contributed by atoms with Gasteiger partial charge in [0.1, 0.15) is 18.2 Å². The average molecular weight is 304 g/mol. The van der Waals surface area contributed by atoms with Gasteiger partial charge >= 0.3 is 0 Å². The lowest BCUT2D eigenvalue weighted by atomic mass is 10.1. The van der Waals surface area contributed by atoms with Gasteiger partial charge in [-0.05, 0) is 30.7 Å². The van der Waals surface area contributed by atoms with Gasteiger partial charge in [-0.3, -0.25) is 0 Å². The van der Waals surface area contributed by atoms with Crippen LogP contribution in [0.3, 0.4) is 0 Å². The van der Waals surface area contributed by atoms with Crippen molar-refractivity contribution >= 4 is 11.6 Å². The Balaban J connectivity index is 2.22. The molecular weight excluding hydrogens is 289 g/mol. The molecule has 21 heavy (non-hydrogen) atoms. The van der Waals surface area contributed by atoms with Crippen molar-refractivity contribution in [2.75, 3.05) is 6.54 Å². The highest BCUT2D eigenvalue weighted by atomic mass is 35.5. The van der Waals surface area contributed by atoms with E-state index in [0.717, 1.165) is 11.1 Å². The molecule has 0 bridgehead atoms. The summed E-state index contributed by atoms with van der Waals surface area (Å²) in [6.07, 6.45) is 0. The molecule has 2 rings (SSSR count). The largest absolute Gasteiger partial charge is 0.488 e. The number of rotatable bonds is 3. The molecule has 0 aliphatic heterocycles. The maximum absolute atomic E-state index is 13.4. The highest BCUT2D eigenvalue weighted by Crippen LogP contribution is 2.24. The molecule has 0 unspecified atom stereocenters. The summed E-state index contributed by atoms with van der Waals surface area (Å²) in [4.78, 5) is 0. The van der Waals surface area contributed by atoms with Crippen LogP contribution < -0.4 is 10.5 Å². The zero-order valence-corrected chi connectivity index (χ0v) is 12.4. The van der Waals surface area contributed by atoms with E-state index >= 15 is 0 Å². The predicted molar refractivity (Wildman–Crippen MR) is 82.9 cm³/mol. The molecule has 0 aliphatic rings. The molecule has 2 aromatic carbocycles. The van der Waals surface area contributed by atoms with Crippen molar-refractivity contribution in [3.8, 4) is 17.6 Å². The minimum atomic E-state index is -0.454. The topological polar surface area (TPSA) is 35.2 Å². The maximum Gasteiger partial charge on any atom is 0.142 e. The molecule has 2 nitrogen and oxygen atoms in total. The monoisotopic (exact) mass is 303 g/mol. The molecule has 4 heteroatoms. The quantitative estimate of drug-likeness (QED) is 0.878. The third-order valence-corrected chi connectivity index (χ3v) is 3.30. The van der Waals surface area contributed by atoms with Gasteiger partial charge in [-0.1, -0.05) is 41.6 Å². The van der Waals surface area contributed by atoms with Crippen LogP contribution in [0.5, 0.6) is 5.75 Å². The van der Waals surface area contributed by atoms with Gasteiger partial charge in [-0.15, -0.1) is 0 Å². The molecule has 0 aromatic heterocycles. The summed E-state index contributed by atoms with van der Waals surface area (Å²) >= 11 is 5.91. The van der Waals surface area contributed by atoms with Crippen molar-refractivity contribution in [2.24, 2.45) is 5.73 Å². The maximum atomic E-state index is 13.4. The van der Waals surface area contributed by atoms with Gasteiger partial charge in [-0.25, -0.2) is 4.39 Å². The predicted octanol–water partition coefficient (Wildman–Crippen LogP) is 3.68. The summed E-state index contributed by atoms with van der Waals surface area (Å²) in [6.45, 7) is 2.43. The average Bonchev–Trinajstić information content (AvgIpc) is 2.48. The van der Waals surface area contributed by atoms with Gasteiger partial charge in [0, 0.05) is 5.56 Å². The van der Waals surface area contributed by atoms with Gasteiger partial charge < -0.3 is 10.5 Å². The molecule has 0 atom stereocenters. The summed E-state index contributed by atoms with van der Waals surface area (Å²) in [5.41, 5.74) is 7.82. The smallest absolute Gasteiger partial charge is 0.142 e. The van der Waals surface area contributed by atoms with E-state index in [2.05, 4.69) is 11.8 Å². The first-order chi connectivity index (χ1) is 10.1. The third-order valence-electron chi connectivity index (χ3n) is 2.87. The fourth-order valence-corrected chi connectivity index (χ4v) is 2.01. The van der Waals surface area contributed by atoms with E-state index in [1.54, 1.807) is 12.1 Å². The van der Waals surface area contributed by atoms with Crippen LogP contribution in [0.1, 0.15) is 16.7 Å². The summed E-state index contributed by atoms with van der Waals surface area (Å²) < 4.78 is 19.1. The lowest BCUT2D eigenvalue weighted by Crippen LogP contribution is -2.00. The fourth-order valence-electron chi connectivity index (χ4n) is 1.83. The van der Waals surface area contributed by atoms with E-state index in [0.29, 0.717) is 11.3 Å². The molecule has 0 aliphatic carbocycles. The van der Waals surface area contributed by atoms with Crippen molar-refractivity contribution < 1.29 is 9.13 Å². The van der Waals surface area contributed by atoms with Crippen LogP contribution >= 0.6 is 11.6 Å². The molecule has 0 amide bonds. The minimum Gasteiger partial charge on any atom is -0.488 e. The number of halogens is 2. The van der Waals surface area contributed by atoms with Crippen LogP contribution in [-0.2, 0) is 6.61 Å². The van der Waals surface area contributed by atoms with Gasteiger partial charge in [0.25, 0.3) is 0 Å². The third kappa shape index (κ3) is 3.98. The van der Waals surface area contributed by atoms with Crippen LogP contribution in [0.4, 0.5) is 4.39 Å². The van der Waals surface area contributed by atoms with Crippen molar-refractivity contribution in [3.63, 3.8) is 0 Å². The number of hydrogen-bond donors (Lipinski definition) is 1. The van der Waals surface area contributed by atoms with E-state index in [4.69, 9.17) is 22.1 Å². The molecule has 0 fully saturated rings. The van der Waals surface area contributed by atoms with E-state index in [9.17, 15) is 4.39 Å². The highest BCUT2D eigenvalue weighted by molar-refractivity contribution is 6.31.